The van der Waals surface area contributed by atoms with Crippen molar-refractivity contribution < 1.29 is 4.92 Å². The van der Waals surface area contributed by atoms with E-state index in [2.05, 4.69) is 15.9 Å². The lowest BCUT2D eigenvalue weighted by Gasteiger charge is -2.13. The highest BCUT2D eigenvalue weighted by Crippen LogP contribution is 2.37. The Kier molecular flexibility index (Phi) is 4.93. The summed E-state index contributed by atoms with van der Waals surface area (Å²) in [6.07, 6.45) is 1.73. The first-order valence-electron chi connectivity index (χ1n) is 9.44. The fourth-order valence-corrected chi connectivity index (χ4v) is 4.34. The van der Waals surface area contributed by atoms with E-state index in [1.54, 1.807) is 19.3 Å². The average molecular weight is 483 g/mol. The van der Waals surface area contributed by atoms with Crippen molar-refractivity contribution in [2.75, 3.05) is 0 Å². The Morgan fingerprint density at radius 3 is 2.23 bits per heavy atom. The van der Waals surface area contributed by atoms with Crippen LogP contribution in [0.2, 0.25) is 0 Å². The second-order valence-corrected chi connectivity index (χ2v) is 8.44. The molecule has 0 aliphatic carbocycles. The second kappa shape index (κ2) is 7.35. The lowest BCUT2D eigenvalue weighted by molar-refractivity contribution is -0.384. The number of fused-ring (bicyclic) bond motifs is 1. The Morgan fingerprint density at radius 1 is 0.968 bits per heavy atom. The zero-order valence-electron chi connectivity index (χ0n) is 17.3. The number of aromatic nitrogens is 3. The molecule has 2 aromatic carbocycles. The van der Waals surface area contributed by atoms with Gasteiger partial charge in [-0.25, -0.2) is 4.79 Å². The monoisotopic (exact) mass is 482 g/mol. The van der Waals surface area contributed by atoms with Crippen molar-refractivity contribution >= 4 is 32.5 Å². The third kappa shape index (κ3) is 3.31. The van der Waals surface area contributed by atoms with Crippen LogP contribution in [0, 0.1) is 24.0 Å². The summed E-state index contributed by atoms with van der Waals surface area (Å²) in [5.41, 5.74) is 3.25. The number of nitrogens with zero attached hydrogens (tertiary/aromatic N) is 4. The summed E-state index contributed by atoms with van der Waals surface area (Å²) in [5.74, 6) is 0. The van der Waals surface area contributed by atoms with Gasteiger partial charge in [-0.05, 0) is 43.2 Å². The molecule has 0 aliphatic heterocycles. The zero-order valence-corrected chi connectivity index (χ0v) is 18.9. The lowest BCUT2D eigenvalue weighted by Crippen LogP contribution is -2.36. The first-order chi connectivity index (χ1) is 14.6. The smallest absolute Gasteiger partial charge is 0.314 e. The van der Waals surface area contributed by atoms with Gasteiger partial charge in [-0.15, -0.1) is 0 Å². The summed E-state index contributed by atoms with van der Waals surface area (Å²) < 4.78 is 4.86. The number of hydrogen-bond donors (Lipinski definition) is 0. The van der Waals surface area contributed by atoms with Crippen molar-refractivity contribution in [3.63, 3.8) is 0 Å². The Morgan fingerprint density at radius 2 is 1.61 bits per heavy atom. The molecule has 0 saturated heterocycles. The maximum Gasteiger partial charge on any atom is 0.330 e. The molecule has 0 fully saturated rings. The third-order valence-electron chi connectivity index (χ3n) is 5.34. The van der Waals surface area contributed by atoms with Crippen molar-refractivity contribution in [3.05, 3.63) is 89.1 Å². The molecule has 0 spiro atoms. The van der Waals surface area contributed by atoms with E-state index in [9.17, 15) is 19.7 Å². The number of halogens is 1. The van der Waals surface area contributed by atoms with E-state index >= 15 is 0 Å². The minimum absolute atomic E-state index is 0.0961. The minimum Gasteiger partial charge on any atom is -0.314 e. The molecule has 2 heterocycles. The maximum absolute atomic E-state index is 13.2. The van der Waals surface area contributed by atoms with Gasteiger partial charge < -0.3 is 4.57 Å². The quantitative estimate of drug-likeness (QED) is 0.326. The number of aryl methyl sites for hydroxylation is 3. The highest BCUT2D eigenvalue weighted by atomic mass is 79.9. The molecule has 4 rings (SSSR count). The van der Waals surface area contributed by atoms with Crippen LogP contribution >= 0.6 is 15.9 Å². The molecule has 4 aromatic rings. The predicted octanol–water partition coefficient (Wildman–Crippen LogP) is 3.98. The molecule has 0 unspecified atom stereocenters. The zero-order chi connectivity index (χ0) is 22.6. The molecular weight excluding hydrogens is 464 g/mol. The predicted molar refractivity (Wildman–Crippen MR) is 123 cm³/mol. The van der Waals surface area contributed by atoms with Crippen molar-refractivity contribution in [1.82, 2.24) is 13.7 Å². The number of non-ortho nitro benzene ring substituents is 1. The van der Waals surface area contributed by atoms with Crippen molar-refractivity contribution in [3.8, 4) is 16.9 Å². The number of nitro groups is 1. The highest BCUT2D eigenvalue weighted by Gasteiger charge is 2.23. The van der Waals surface area contributed by atoms with E-state index < -0.39 is 16.2 Å². The van der Waals surface area contributed by atoms with Crippen LogP contribution in [0.15, 0.2) is 56.7 Å². The van der Waals surface area contributed by atoms with Crippen LogP contribution in [-0.4, -0.2) is 18.6 Å². The van der Waals surface area contributed by atoms with Crippen LogP contribution in [0.5, 0.6) is 0 Å². The van der Waals surface area contributed by atoms with Crippen molar-refractivity contribution in [1.29, 1.82) is 0 Å². The number of nitro benzene ring substituents is 1. The number of hydrogen-bond acceptors (Lipinski definition) is 4. The van der Waals surface area contributed by atoms with Gasteiger partial charge in [0.05, 0.1) is 21.5 Å². The first kappa shape index (κ1) is 20.8. The number of rotatable bonds is 3. The summed E-state index contributed by atoms with van der Waals surface area (Å²) in [7, 11) is 3.02. The van der Waals surface area contributed by atoms with E-state index in [1.807, 2.05) is 36.6 Å². The van der Waals surface area contributed by atoms with Gasteiger partial charge in [0.15, 0.2) is 0 Å². The Labute approximate surface area is 185 Å². The van der Waals surface area contributed by atoms with Gasteiger partial charge in [0, 0.05) is 48.1 Å². The summed E-state index contributed by atoms with van der Waals surface area (Å²) in [6.45, 7) is 3.94. The first-order valence-corrected chi connectivity index (χ1v) is 10.2. The standard InChI is InChI=1S/C22H19BrN4O4/c1-12-7-13(2)9-15(8-12)26-11-18-19(21(28)25(4)22(29)24(18)3)20(26)16-10-14(27(30)31)5-6-17(16)23/h5-11H,1-4H3. The van der Waals surface area contributed by atoms with Gasteiger partial charge in [-0.2, -0.15) is 0 Å². The average Bonchev–Trinajstić information content (AvgIpc) is 3.10. The summed E-state index contributed by atoms with van der Waals surface area (Å²) in [6, 6.07) is 10.4. The second-order valence-electron chi connectivity index (χ2n) is 7.58. The number of benzene rings is 2. The Balaban J connectivity index is 2.25. The van der Waals surface area contributed by atoms with Gasteiger partial charge >= 0.3 is 5.69 Å². The molecule has 0 amide bonds. The van der Waals surface area contributed by atoms with Crippen LogP contribution in [0.1, 0.15) is 11.1 Å². The van der Waals surface area contributed by atoms with Gasteiger partial charge in [-0.3, -0.25) is 24.0 Å². The van der Waals surface area contributed by atoms with Crippen molar-refractivity contribution in [2.45, 2.75) is 13.8 Å². The summed E-state index contributed by atoms with van der Waals surface area (Å²) in [4.78, 5) is 36.7. The molecule has 0 saturated carbocycles. The molecule has 0 bridgehead atoms. The largest absolute Gasteiger partial charge is 0.330 e. The van der Waals surface area contributed by atoms with E-state index in [4.69, 9.17) is 0 Å². The molecule has 0 aliphatic rings. The lowest BCUT2D eigenvalue weighted by atomic mass is 10.1. The van der Waals surface area contributed by atoms with Crippen LogP contribution in [0.3, 0.4) is 0 Å². The van der Waals surface area contributed by atoms with Crippen LogP contribution < -0.4 is 11.2 Å². The van der Waals surface area contributed by atoms with E-state index in [0.717, 1.165) is 21.4 Å². The maximum atomic E-state index is 13.2. The van der Waals surface area contributed by atoms with Crippen LogP contribution in [0.25, 0.3) is 27.8 Å². The third-order valence-corrected chi connectivity index (χ3v) is 6.03. The molecular formula is C22H19BrN4O4. The normalized spacial score (nSPS) is 11.3. The topological polar surface area (TPSA) is 92.1 Å². The Hall–Kier alpha value is -3.46. The van der Waals surface area contributed by atoms with Gasteiger partial charge in [0.25, 0.3) is 11.2 Å². The van der Waals surface area contributed by atoms with Crippen LogP contribution in [-0.2, 0) is 14.1 Å². The molecule has 158 valence electrons. The molecule has 9 heteroatoms. The molecule has 31 heavy (non-hydrogen) atoms. The molecule has 0 N–H and O–H groups in total. The Bertz CT molecular complexity index is 1490. The fraction of sp³-hybridized carbons (Fsp3) is 0.182. The minimum atomic E-state index is -0.476. The molecule has 2 aromatic heterocycles. The van der Waals surface area contributed by atoms with Gasteiger partial charge in [0.2, 0.25) is 0 Å². The van der Waals surface area contributed by atoms with E-state index in [1.165, 1.54) is 23.7 Å². The summed E-state index contributed by atoms with van der Waals surface area (Å²) in [5, 5.41) is 11.7. The van der Waals surface area contributed by atoms with E-state index in [0.29, 0.717) is 26.6 Å². The SMILES string of the molecule is Cc1cc(C)cc(-n2cc3c(c2-c2cc([N+](=O)[O-])ccc2Br)c(=O)n(C)c(=O)n3C)c1. The molecule has 8 nitrogen and oxygen atoms in total. The van der Waals surface area contributed by atoms with Gasteiger partial charge in [-0.1, -0.05) is 22.0 Å². The molecule has 0 atom stereocenters. The van der Waals surface area contributed by atoms with Gasteiger partial charge in [0.1, 0.15) is 0 Å². The molecule has 0 radical (unpaired) electrons. The summed E-state index contributed by atoms with van der Waals surface area (Å²) >= 11 is 3.49. The van der Waals surface area contributed by atoms with E-state index in [-0.39, 0.29) is 5.69 Å². The van der Waals surface area contributed by atoms with Crippen LogP contribution in [0.4, 0.5) is 5.69 Å². The van der Waals surface area contributed by atoms with Crippen molar-refractivity contribution in [2.24, 2.45) is 14.1 Å². The fourth-order valence-electron chi connectivity index (χ4n) is 3.91. The highest BCUT2D eigenvalue weighted by molar-refractivity contribution is 9.10.